The van der Waals surface area contributed by atoms with Crippen molar-refractivity contribution >= 4 is 17.7 Å². The van der Waals surface area contributed by atoms with E-state index in [0.717, 1.165) is 31.0 Å². The van der Waals surface area contributed by atoms with Crippen molar-refractivity contribution in [2.45, 2.75) is 65.5 Å². The Bertz CT molecular complexity index is 1200. The van der Waals surface area contributed by atoms with Gasteiger partial charge in [-0.15, -0.1) is 6.42 Å². The summed E-state index contributed by atoms with van der Waals surface area (Å²) in [6.45, 7) is 8.56. The first-order valence-corrected chi connectivity index (χ1v) is 13.5. The van der Waals surface area contributed by atoms with Gasteiger partial charge in [0.15, 0.2) is 0 Å². The molecule has 2 aromatic rings. The van der Waals surface area contributed by atoms with Gasteiger partial charge in [0.1, 0.15) is 11.6 Å². The third kappa shape index (κ3) is 9.76. The molecule has 3 atom stereocenters. The highest BCUT2D eigenvalue weighted by Gasteiger charge is 2.27. The Kier molecular flexibility index (Phi) is 12.8. The number of halogens is 2. The lowest BCUT2D eigenvalue weighted by Crippen LogP contribution is -2.46. The van der Waals surface area contributed by atoms with Gasteiger partial charge in [0.05, 0.1) is 18.7 Å². The number of nitrogens with zero attached hydrogens (tertiary/aromatic N) is 1. The molecule has 0 aliphatic rings. The zero-order valence-electron chi connectivity index (χ0n) is 23.6. The minimum atomic E-state index is -1.24. The third-order valence-corrected chi connectivity index (χ3v) is 6.43. The Morgan fingerprint density at radius 2 is 1.60 bits per heavy atom. The van der Waals surface area contributed by atoms with E-state index in [2.05, 4.69) is 16.6 Å². The molecule has 9 heteroatoms. The third-order valence-electron chi connectivity index (χ3n) is 6.43. The minimum absolute atomic E-state index is 0.0321. The Morgan fingerprint density at radius 1 is 1.00 bits per heavy atom. The van der Waals surface area contributed by atoms with E-state index in [0.29, 0.717) is 24.2 Å². The van der Waals surface area contributed by atoms with Gasteiger partial charge in [-0.2, -0.15) is 0 Å². The highest BCUT2D eigenvalue weighted by Crippen LogP contribution is 2.18. The number of aliphatic hydroxyl groups is 1. The predicted molar refractivity (Wildman–Crippen MR) is 151 cm³/mol. The van der Waals surface area contributed by atoms with Crippen molar-refractivity contribution in [3.63, 3.8) is 0 Å². The summed E-state index contributed by atoms with van der Waals surface area (Å²) in [6, 6.07) is 6.83. The highest BCUT2D eigenvalue weighted by molar-refractivity contribution is 6.00. The molecule has 216 valence electrons. The first-order chi connectivity index (χ1) is 19.0. The summed E-state index contributed by atoms with van der Waals surface area (Å²) in [7, 11) is 0. The van der Waals surface area contributed by atoms with Crippen LogP contribution >= 0.6 is 0 Å². The fraction of sp³-hybridized carbons (Fsp3) is 0.452. The van der Waals surface area contributed by atoms with Crippen LogP contribution in [-0.2, 0) is 11.2 Å². The van der Waals surface area contributed by atoms with Crippen LogP contribution in [0.15, 0.2) is 36.4 Å². The smallest absolute Gasteiger partial charge is 0.253 e. The SMILES string of the molecule is C#CCNC(=O)[C@H](C)CC(O)[C@H](Cc1cc(F)cc(F)c1)NC(=O)c1cc(C)cc(C(=O)N(CCC)CCC)c1. The quantitative estimate of drug-likeness (QED) is 0.307. The number of terminal acetylenes is 1. The second-order valence-corrected chi connectivity index (χ2v) is 10.1. The molecule has 0 saturated heterocycles. The largest absolute Gasteiger partial charge is 0.391 e. The summed E-state index contributed by atoms with van der Waals surface area (Å²) in [4.78, 5) is 40.6. The molecule has 0 aromatic heterocycles. The van der Waals surface area contributed by atoms with Crippen molar-refractivity contribution in [3.05, 3.63) is 70.3 Å². The second kappa shape index (κ2) is 15.7. The van der Waals surface area contributed by atoms with Crippen LogP contribution in [-0.4, -0.2) is 59.5 Å². The van der Waals surface area contributed by atoms with Gasteiger partial charge in [-0.1, -0.05) is 26.7 Å². The maximum atomic E-state index is 13.9. The summed E-state index contributed by atoms with van der Waals surface area (Å²) in [5.41, 5.74) is 1.50. The molecule has 40 heavy (non-hydrogen) atoms. The fourth-order valence-electron chi connectivity index (χ4n) is 4.54. The van der Waals surface area contributed by atoms with Crippen molar-refractivity contribution in [3.8, 4) is 12.3 Å². The molecule has 0 heterocycles. The Morgan fingerprint density at radius 3 is 2.17 bits per heavy atom. The van der Waals surface area contributed by atoms with E-state index in [1.165, 1.54) is 6.07 Å². The van der Waals surface area contributed by atoms with Crippen molar-refractivity contribution in [2.24, 2.45) is 5.92 Å². The van der Waals surface area contributed by atoms with Gasteiger partial charge in [0.25, 0.3) is 11.8 Å². The number of aryl methyl sites for hydroxylation is 1. The molecule has 3 N–H and O–H groups in total. The molecule has 0 aliphatic heterocycles. The molecular formula is C31H39F2N3O4. The lowest BCUT2D eigenvalue weighted by atomic mass is 9.93. The number of amides is 3. The van der Waals surface area contributed by atoms with Gasteiger partial charge in [0, 0.05) is 36.2 Å². The molecule has 2 rings (SSSR count). The van der Waals surface area contributed by atoms with Crippen LogP contribution in [0, 0.1) is 36.8 Å². The number of aliphatic hydroxyl groups excluding tert-OH is 1. The van der Waals surface area contributed by atoms with Crippen molar-refractivity contribution in [2.75, 3.05) is 19.6 Å². The zero-order valence-corrected chi connectivity index (χ0v) is 23.6. The number of benzene rings is 2. The number of hydrogen-bond acceptors (Lipinski definition) is 4. The number of rotatable bonds is 14. The monoisotopic (exact) mass is 555 g/mol. The molecule has 0 spiro atoms. The standard InChI is InChI=1S/C31H39F2N3O4/c1-6-9-34-29(38)21(5)14-28(37)27(17-22-15-25(32)19-26(33)16-22)35-30(39)23-12-20(4)13-24(18-23)31(40)36(10-7-2)11-8-3/h1,12-13,15-16,18-19,21,27-28,37H,7-11,14,17H2,2-5H3,(H,34,38)(H,35,39)/t21-,27+,28?/m1/s1. The molecule has 7 nitrogen and oxygen atoms in total. The molecule has 2 aromatic carbocycles. The van der Waals surface area contributed by atoms with Crippen molar-refractivity contribution in [1.29, 1.82) is 0 Å². The lowest BCUT2D eigenvalue weighted by molar-refractivity contribution is -0.125. The molecule has 0 radical (unpaired) electrons. The fourth-order valence-corrected chi connectivity index (χ4v) is 4.54. The number of hydrogen-bond donors (Lipinski definition) is 3. The van der Waals surface area contributed by atoms with Crippen molar-refractivity contribution in [1.82, 2.24) is 15.5 Å². The topological polar surface area (TPSA) is 98.7 Å². The first-order valence-electron chi connectivity index (χ1n) is 13.5. The van der Waals surface area contributed by atoms with E-state index in [1.54, 1.807) is 30.9 Å². The van der Waals surface area contributed by atoms with Crippen LogP contribution in [0.2, 0.25) is 0 Å². The summed E-state index contributed by atoms with van der Waals surface area (Å²) < 4.78 is 27.8. The van der Waals surface area contributed by atoms with Gasteiger partial charge < -0.3 is 20.6 Å². The van der Waals surface area contributed by atoms with Gasteiger partial charge in [-0.25, -0.2) is 8.78 Å². The molecule has 0 fully saturated rings. The van der Waals surface area contributed by atoms with E-state index in [-0.39, 0.29) is 42.3 Å². The Hall–Kier alpha value is -3.77. The van der Waals surface area contributed by atoms with E-state index in [4.69, 9.17) is 6.42 Å². The maximum absolute atomic E-state index is 13.9. The molecule has 3 amide bonds. The number of carbonyl (C=O) groups excluding carboxylic acids is 3. The number of nitrogens with one attached hydrogen (secondary N) is 2. The average molecular weight is 556 g/mol. The van der Waals surface area contributed by atoms with E-state index in [1.807, 2.05) is 13.8 Å². The second-order valence-electron chi connectivity index (χ2n) is 10.1. The van der Waals surface area contributed by atoms with E-state index < -0.39 is 35.6 Å². The summed E-state index contributed by atoms with van der Waals surface area (Å²) in [5, 5.41) is 16.4. The minimum Gasteiger partial charge on any atom is -0.391 e. The lowest BCUT2D eigenvalue weighted by Gasteiger charge is -2.27. The van der Waals surface area contributed by atoms with E-state index >= 15 is 0 Å². The molecule has 0 bridgehead atoms. The van der Waals surface area contributed by atoms with Gasteiger partial charge in [-0.3, -0.25) is 14.4 Å². The zero-order chi connectivity index (χ0) is 29.8. The van der Waals surface area contributed by atoms with Crippen LogP contribution in [0.25, 0.3) is 0 Å². The molecule has 1 unspecified atom stereocenters. The predicted octanol–water partition coefficient (Wildman–Crippen LogP) is 4.01. The maximum Gasteiger partial charge on any atom is 0.253 e. The van der Waals surface area contributed by atoms with E-state index in [9.17, 15) is 28.3 Å². The van der Waals surface area contributed by atoms with Crippen molar-refractivity contribution < 1.29 is 28.3 Å². The Labute approximate surface area is 235 Å². The first kappa shape index (κ1) is 32.4. The Balaban J connectivity index is 2.34. The number of carbonyl (C=O) groups is 3. The molecule has 0 saturated carbocycles. The molecular weight excluding hydrogens is 516 g/mol. The summed E-state index contributed by atoms with van der Waals surface area (Å²) in [5.74, 6) is -1.05. The average Bonchev–Trinajstić information content (AvgIpc) is 2.89. The van der Waals surface area contributed by atoms with Crippen LogP contribution in [0.5, 0.6) is 0 Å². The van der Waals surface area contributed by atoms with Crippen LogP contribution in [0.3, 0.4) is 0 Å². The highest BCUT2D eigenvalue weighted by atomic mass is 19.1. The van der Waals surface area contributed by atoms with Gasteiger partial charge in [0.2, 0.25) is 5.91 Å². The summed E-state index contributed by atoms with van der Waals surface area (Å²) in [6.07, 6.45) is 5.40. The van der Waals surface area contributed by atoms with Crippen LogP contribution < -0.4 is 10.6 Å². The van der Waals surface area contributed by atoms with Gasteiger partial charge >= 0.3 is 0 Å². The summed E-state index contributed by atoms with van der Waals surface area (Å²) >= 11 is 0. The van der Waals surface area contributed by atoms with Crippen LogP contribution in [0.4, 0.5) is 8.78 Å². The van der Waals surface area contributed by atoms with Crippen LogP contribution in [0.1, 0.15) is 71.9 Å². The van der Waals surface area contributed by atoms with Gasteiger partial charge in [-0.05, 0) is 74.1 Å². The normalized spacial score (nSPS) is 13.1. The molecule has 0 aliphatic carbocycles.